The Balaban J connectivity index is 1.35. The highest BCUT2D eigenvalue weighted by Gasteiger charge is 2.32. The van der Waals surface area contributed by atoms with E-state index in [0.29, 0.717) is 36.2 Å². The van der Waals surface area contributed by atoms with Gasteiger partial charge in [0, 0.05) is 51.1 Å². The van der Waals surface area contributed by atoms with Crippen molar-refractivity contribution in [3.8, 4) is 5.75 Å². The van der Waals surface area contributed by atoms with Crippen molar-refractivity contribution in [3.63, 3.8) is 0 Å². The highest BCUT2D eigenvalue weighted by atomic mass is 16.5. The van der Waals surface area contributed by atoms with Gasteiger partial charge in [-0.1, -0.05) is 0 Å². The van der Waals surface area contributed by atoms with Crippen LogP contribution in [0.25, 0.3) is 15.7 Å². The molecule has 4 rings (SSSR count). The molecule has 0 spiro atoms. The number of amides is 2. The second-order valence-corrected chi connectivity index (χ2v) is 8.22. The van der Waals surface area contributed by atoms with E-state index >= 15 is 0 Å². The minimum absolute atomic E-state index is 0.168. The summed E-state index contributed by atoms with van der Waals surface area (Å²) in [5.41, 5.74) is 0.824. The number of ether oxygens (including phenoxy) is 1. The predicted molar refractivity (Wildman–Crippen MR) is 123 cm³/mol. The van der Waals surface area contributed by atoms with Crippen LogP contribution >= 0.6 is 0 Å². The first-order valence-electron chi connectivity index (χ1n) is 11.4. The summed E-state index contributed by atoms with van der Waals surface area (Å²) >= 11 is 0. The van der Waals surface area contributed by atoms with Crippen molar-refractivity contribution < 1.29 is 14.3 Å². The number of hydrogen-bond acceptors (Lipinski definition) is 7. The molecular formula is C23H29N7O3. The number of rotatable bonds is 8. The minimum Gasteiger partial charge on any atom is -0.494 e. The fraction of sp³-hybridized carbons (Fsp3) is 0.522. The molecule has 2 N–H and O–H groups in total. The smallest absolute Gasteiger partial charge is 0.300 e. The number of benzene rings is 1. The van der Waals surface area contributed by atoms with Gasteiger partial charge < -0.3 is 20.3 Å². The lowest BCUT2D eigenvalue weighted by Gasteiger charge is -2.26. The Kier molecular flexibility index (Phi) is 7.65. The lowest BCUT2D eigenvalue weighted by Crippen LogP contribution is -2.43. The predicted octanol–water partition coefficient (Wildman–Crippen LogP) is 0.901. The Labute approximate surface area is 193 Å². The maximum atomic E-state index is 12.8. The number of hydrogen-bond donors (Lipinski definition) is 2. The molecule has 2 aliphatic heterocycles. The first-order chi connectivity index (χ1) is 16.2. The highest BCUT2D eigenvalue weighted by Crippen LogP contribution is 2.22. The van der Waals surface area contributed by atoms with Crippen LogP contribution in [0.2, 0.25) is 0 Å². The molecule has 0 bridgehead atoms. The second kappa shape index (κ2) is 11.0. The minimum atomic E-state index is -0.454. The van der Waals surface area contributed by atoms with Crippen molar-refractivity contribution in [2.45, 2.75) is 25.4 Å². The van der Waals surface area contributed by atoms with Crippen LogP contribution in [0.1, 0.15) is 29.8 Å². The standard InChI is InChI=1S/C23H29N7O3/c1-24-20-4-2-10-30(20)21(31)15-26-23(32)22-18-14-17(5-6-19(18)27-16-28-22)33-13-3-9-29-11-7-25-8-12-29/h5-6,14,16,20,25H,2-4,7-13,15H2,(H,26,32)/t20-/m0/s1. The van der Waals surface area contributed by atoms with E-state index in [4.69, 9.17) is 11.3 Å². The first kappa shape index (κ1) is 22.9. The van der Waals surface area contributed by atoms with Gasteiger partial charge in [-0.2, -0.15) is 0 Å². The zero-order valence-corrected chi connectivity index (χ0v) is 18.6. The maximum Gasteiger partial charge on any atom is 0.300 e. The molecule has 1 atom stereocenters. The van der Waals surface area contributed by atoms with Gasteiger partial charge in [0.15, 0.2) is 0 Å². The van der Waals surface area contributed by atoms with E-state index in [1.165, 1.54) is 11.2 Å². The average molecular weight is 452 g/mol. The summed E-state index contributed by atoms with van der Waals surface area (Å²) in [6.07, 6.45) is 3.31. The summed E-state index contributed by atoms with van der Waals surface area (Å²) in [5, 5.41) is 6.56. The third-order valence-corrected chi connectivity index (χ3v) is 6.01. The molecule has 2 saturated heterocycles. The fourth-order valence-electron chi connectivity index (χ4n) is 4.23. The number of carbonyl (C=O) groups is 2. The number of likely N-dealkylation sites (tertiary alicyclic amines) is 1. The lowest BCUT2D eigenvalue weighted by atomic mass is 10.1. The van der Waals surface area contributed by atoms with Crippen LogP contribution in [0.5, 0.6) is 5.75 Å². The molecule has 10 nitrogen and oxygen atoms in total. The van der Waals surface area contributed by atoms with Crippen LogP contribution in [0.15, 0.2) is 24.5 Å². The van der Waals surface area contributed by atoms with E-state index in [0.717, 1.165) is 45.6 Å². The topological polar surface area (TPSA) is 104 Å². The Hall–Kier alpha value is -3.29. The summed E-state index contributed by atoms with van der Waals surface area (Å²) in [7, 11) is 0. The molecule has 10 heteroatoms. The summed E-state index contributed by atoms with van der Waals surface area (Å²) in [6.45, 7) is 13.3. The van der Waals surface area contributed by atoms with E-state index in [2.05, 4.69) is 30.3 Å². The molecule has 2 aliphatic rings. The van der Waals surface area contributed by atoms with E-state index in [-0.39, 0.29) is 18.1 Å². The number of carbonyl (C=O) groups excluding carboxylic acids is 2. The summed E-state index contributed by atoms with van der Waals surface area (Å²) in [6, 6.07) is 5.41. The van der Waals surface area contributed by atoms with Crippen LogP contribution in [-0.2, 0) is 4.79 Å². The highest BCUT2D eigenvalue weighted by molar-refractivity contribution is 6.05. The molecule has 174 valence electrons. The largest absolute Gasteiger partial charge is 0.494 e. The Morgan fingerprint density at radius 3 is 2.91 bits per heavy atom. The number of aromatic nitrogens is 2. The molecule has 2 aromatic rings. The molecular weight excluding hydrogens is 422 g/mol. The van der Waals surface area contributed by atoms with Crippen molar-refractivity contribution in [1.82, 2.24) is 30.4 Å². The summed E-state index contributed by atoms with van der Waals surface area (Å²) in [5.74, 6) is -0.0569. The van der Waals surface area contributed by atoms with Crippen molar-refractivity contribution in [2.75, 3.05) is 52.4 Å². The lowest BCUT2D eigenvalue weighted by molar-refractivity contribution is -0.130. The Morgan fingerprint density at radius 1 is 1.24 bits per heavy atom. The second-order valence-electron chi connectivity index (χ2n) is 8.22. The van der Waals surface area contributed by atoms with Crippen LogP contribution in [0.3, 0.4) is 0 Å². The van der Waals surface area contributed by atoms with Crippen LogP contribution < -0.4 is 15.4 Å². The Bertz CT molecular complexity index is 1030. The van der Waals surface area contributed by atoms with Gasteiger partial charge in [-0.05, 0) is 31.0 Å². The van der Waals surface area contributed by atoms with Gasteiger partial charge in [-0.15, -0.1) is 0 Å². The van der Waals surface area contributed by atoms with E-state index in [9.17, 15) is 9.59 Å². The SMILES string of the molecule is [C-]#[N+][C@@H]1CCCN1C(=O)CNC(=O)c1ncnc2ccc(OCCCN3CCNCC3)cc12. The number of fused-ring (bicyclic) bond motifs is 1. The summed E-state index contributed by atoms with van der Waals surface area (Å²) in [4.78, 5) is 41.0. The van der Waals surface area contributed by atoms with Gasteiger partial charge in [-0.3, -0.25) is 19.3 Å². The normalized spacial score (nSPS) is 18.8. The van der Waals surface area contributed by atoms with E-state index in [1.807, 2.05) is 6.07 Å². The quantitative estimate of drug-likeness (QED) is 0.454. The third kappa shape index (κ3) is 5.74. The van der Waals surface area contributed by atoms with E-state index in [1.54, 1.807) is 12.1 Å². The number of piperazine rings is 1. The van der Waals surface area contributed by atoms with Crippen molar-refractivity contribution >= 4 is 22.7 Å². The van der Waals surface area contributed by atoms with Gasteiger partial charge >= 0.3 is 6.17 Å². The van der Waals surface area contributed by atoms with Gasteiger partial charge in [0.25, 0.3) is 5.91 Å². The molecule has 1 aromatic heterocycles. The van der Waals surface area contributed by atoms with E-state index < -0.39 is 12.1 Å². The first-order valence-corrected chi connectivity index (χ1v) is 11.4. The van der Waals surface area contributed by atoms with Crippen molar-refractivity contribution in [1.29, 1.82) is 0 Å². The molecule has 2 amide bonds. The van der Waals surface area contributed by atoms with Gasteiger partial charge in [0.2, 0.25) is 5.91 Å². The van der Waals surface area contributed by atoms with Gasteiger partial charge in [-0.25, -0.2) is 16.5 Å². The zero-order valence-electron chi connectivity index (χ0n) is 18.6. The number of nitrogens with zero attached hydrogens (tertiary/aromatic N) is 5. The van der Waals surface area contributed by atoms with Crippen LogP contribution in [0, 0.1) is 6.57 Å². The van der Waals surface area contributed by atoms with Crippen LogP contribution in [-0.4, -0.2) is 90.2 Å². The molecule has 1 aromatic carbocycles. The monoisotopic (exact) mass is 451 g/mol. The van der Waals surface area contributed by atoms with Crippen molar-refractivity contribution in [3.05, 3.63) is 41.6 Å². The maximum absolute atomic E-state index is 12.8. The molecule has 2 fully saturated rings. The molecule has 33 heavy (non-hydrogen) atoms. The molecule has 0 aliphatic carbocycles. The van der Waals surface area contributed by atoms with Gasteiger partial charge in [0.05, 0.1) is 18.7 Å². The van der Waals surface area contributed by atoms with Gasteiger partial charge in [0.1, 0.15) is 17.8 Å². The fourth-order valence-corrected chi connectivity index (χ4v) is 4.23. The molecule has 0 saturated carbocycles. The molecule has 0 unspecified atom stereocenters. The van der Waals surface area contributed by atoms with Crippen molar-refractivity contribution in [2.24, 2.45) is 0 Å². The zero-order chi connectivity index (χ0) is 23.0. The molecule has 3 heterocycles. The average Bonchev–Trinajstić information content (AvgIpc) is 3.34. The Morgan fingerprint density at radius 2 is 2.09 bits per heavy atom. The number of nitrogens with one attached hydrogen (secondary N) is 2. The summed E-state index contributed by atoms with van der Waals surface area (Å²) < 4.78 is 5.91. The molecule has 0 radical (unpaired) electrons. The third-order valence-electron chi connectivity index (χ3n) is 6.01. The van der Waals surface area contributed by atoms with Crippen LogP contribution in [0.4, 0.5) is 0 Å².